The van der Waals surface area contributed by atoms with Crippen LogP contribution in [0.25, 0.3) is 0 Å². The minimum absolute atomic E-state index is 0.00000409. The van der Waals surface area contributed by atoms with Crippen molar-refractivity contribution in [2.75, 3.05) is 11.9 Å². The van der Waals surface area contributed by atoms with E-state index < -0.39 is 0 Å². The van der Waals surface area contributed by atoms with Gasteiger partial charge in [-0.25, -0.2) is 4.39 Å². The van der Waals surface area contributed by atoms with Crippen LogP contribution in [0.3, 0.4) is 0 Å². The Hall–Kier alpha value is -1.42. The summed E-state index contributed by atoms with van der Waals surface area (Å²) in [7, 11) is 0. The molecule has 0 aromatic heterocycles. The minimum Gasteiger partial charge on any atom is -0.369 e. The normalized spacial score (nSPS) is 10.6. The van der Waals surface area contributed by atoms with E-state index in [4.69, 9.17) is 4.74 Å². The third-order valence-corrected chi connectivity index (χ3v) is 1.87. The number of carbonyl (C=O) groups is 1. The molecule has 1 rings (SSSR count). The monoisotopic (exact) mass is 225 g/mol. The molecule has 1 aromatic rings. The van der Waals surface area contributed by atoms with Crippen LogP contribution < -0.4 is 5.32 Å². The van der Waals surface area contributed by atoms with Crippen LogP contribution in [0.1, 0.15) is 19.4 Å². The third kappa shape index (κ3) is 4.40. The minimum atomic E-state index is -0.361. The van der Waals surface area contributed by atoms with Gasteiger partial charge in [0.25, 0.3) is 0 Å². The van der Waals surface area contributed by atoms with Gasteiger partial charge >= 0.3 is 0 Å². The predicted molar refractivity (Wildman–Crippen MR) is 60.9 cm³/mol. The van der Waals surface area contributed by atoms with Gasteiger partial charge in [-0.1, -0.05) is 0 Å². The molecule has 0 bridgehead atoms. The number of aryl methyl sites for hydroxylation is 1. The number of hydrogen-bond donors (Lipinski definition) is 1. The van der Waals surface area contributed by atoms with Crippen molar-refractivity contribution in [3.8, 4) is 0 Å². The van der Waals surface area contributed by atoms with Crippen LogP contribution in [0.15, 0.2) is 18.2 Å². The van der Waals surface area contributed by atoms with E-state index in [0.717, 1.165) is 5.56 Å². The summed E-state index contributed by atoms with van der Waals surface area (Å²) < 4.78 is 18.1. The first-order chi connectivity index (χ1) is 7.47. The molecular formula is C12H16FNO2. The van der Waals surface area contributed by atoms with Crippen molar-refractivity contribution < 1.29 is 13.9 Å². The molecule has 0 spiro atoms. The fourth-order valence-electron chi connectivity index (χ4n) is 1.25. The van der Waals surface area contributed by atoms with Gasteiger partial charge in [-0.05, 0) is 44.5 Å². The zero-order chi connectivity index (χ0) is 12.1. The van der Waals surface area contributed by atoms with Crippen LogP contribution in [0.4, 0.5) is 10.1 Å². The van der Waals surface area contributed by atoms with Gasteiger partial charge in [-0.2, -0.15) is 0 Å². The molecule has 3 nitrogen and oxygen atoms in total. The van der Waals surface area contributed by atoms with Gasteiger partial charge in [0.05, 0.1) is 6.10 Å². The number of benzene rings is 1. The maximum atomic E-state index is 13.0. The van der Waals surface area contributed by atoms with E-state index in [0.29, 0.717) is 5.69 Å². The first-order valence-corrected chi connectivity index (χ1v) is 5.16. The van der Waals surface area contributed by atoms with Crippen LogP contribution in [-0.4, -0.2) is 18.6 Å². The Morgan fingerprint density at radius 3 is 2.69 bits per heavy atom. The van der Waals surface area contributed by atoms with Gasteiger partial charge in [0.15, 0.2) is 0 Å². The van der Waals surface area contributed by atoms with Gasteiger partial charge in [-0.15, -0.1) is 0 Å². The third-order valence-electron chi connectivity index (χ3n) is 1.87. The maximum absolute atomic E-state index is 13.0. The van der Waals surface area contributed by atoms with Crippen molar-refractivity contribution in [3.05, 3.63) is 29.6 Å². The lowest BCUT2D eigenvalue weighted by Crippen LogP contribution is -2.20. The summed E-state index contributed by atoms with van der Waals surface area (Å²) in [5, 5.41) is 2.58. The highest BCUT2D eigenvalue weighted by Crippen LogP contribution is 2.13. The number of amides is 1. The molecule has 4 heteroatoms. The standard InChI is InChI=1S/C12H16FNO2/c1-8(2)16-7-12(15)14-11-5-9(3)4-10(13)6-11/h4-6,8H,7H2,1-3H3,(H,14,15). The number of halogens is 1. The fourth-order valence-corrected chi connectivity index (χ4v) is 1.25. The summed E-state index contributed by atoms with van der Waals surface area (Å²) >= 11 is 0. The summed E-state index contributed by atoms with van der Waals surface area (Å²) in [5.74, 6) is -0.640. The Morgan fingerprint density at radius 1 is 1.44 bits per heavy atom. The fraction of sp³-hybridized carbons (Fsp3) is 0.417. The van der Waals surface area contributed by atoms with E-state index >= 15 is 0 Å². The Kier molecular flexibility index (Phi) is 4.43. The Labute approximate surface area is 94.6 Å². The molecule has 0 saturated carbocycles. The highest BCUT2D eigenvalue weighted by atomic mass is 19.1. The first-order valence-electron chi connectivity index (χ1n) is 5.16. The molecule has 0 atom stereocenters. The second-order valence-electron chi connectivity index (χ2n) is 3.93. The van der Waals surface area contributed by atoms with Crippen LogP contribution in [0.5, 0.6) is 0 Å². The van der Waals surface area contributed by atoms with Crippen molar-refractivity contribution in [2.24, 2.45) is 0 Å². The molecule has 0 saturated heterocycles. The van der Waals surface area contributed by atoms with Crippen molar-refractivity contribution in [1.29, 1.82) is 0 Å². The van der Waals surface area contributed by atoms with Gasteiger partial charge in [0.1, 0.15) is 12.4 Å². The molecule has 0 aliphatic carbocycles. The molecular weight excluding hydrogens is 209 g/mol. The molecule has 0 radical (unpaired) electrons. The summed E-state index contributed by atoms with van der Waals surface area (Å²) in [6.07, 6.45) is -0.00000409. The zero-order valence-electron chi connectivity index (χ0n) is 9.71. The van der Waals surface area contributed by atoms with Crippen LogP contribution in [0.2, 0.25) is 0 Å². The quantitative estimate of drug-likeness (QED) is 0.855. The molecule has 0 fully saturated rings. The van der Waals surface area contributed by atoms with E-state index in [1.165, 1.54) is 12.1 Å². The second-order valence-corrected chi connectivity index (χ2v) is 3.93. The number of rotatable bonds is 4. The molecule has 0 aliphatic heterocycles. The SMILES string of the molecule is Cc1cc(F)cc(NC(=O)COC(C)C)c1. The summed E-state index contributed by atoms with van der Waals surface area (Å²) in [4.78, 5) is 11.4. The van der Waals surface area contributed by atoms with E-state index in [1.807, 2.05) is 13.8 Å². The number of ether oxygens (including phenoxy) is 1. The zero-order valence-corrected chi connectivity index (χ0v) is 9.71. The highest BCUT2D eigenvalue weighted by Gasteiger charge is 2.05. The average molecular weight is 225 g/mol. The molecule has 88 valence electrons. The lowest BCUT2D eigenvalue weighted by molar-refractivity contribution is -0.121. The van der Waals surface area contributed by atoms with Gasteiger partial charge in [0.2, 0.25) is 5.91 Å². The molecule has 0 aliphatic rings. The Bertz CT molecular complexity index is 357. The Morgan fingerprint density at radius 2 is 2.12 bits per heavy atom. The lowest BCUT2D eigenvalue weighted by atomic mass is 10.2. The number of nitrogens with one attached hydrogen (secondary N) is 1. The van der Waals surface area contributed by atoms with Crippen LogP contribution in [-0.2, 0) is 9.53 Å². The molecule has 1 amide bonds. The molecule has 1 aromatic carbocycles. The molecule has 0 heterocycles. The maximum Gasteiger partial charge on any atom is 0.250 e. The van der Waals surface area contributed by atoms with Crippen LogP contribution in [0, 0.1) is 12.7 Å². The van der Waals surface area contributed by atoms with E-state index in [2.05, 4.69) is 5.32 Å². The molecule has 0 unspecified atom stereocenters. The predicted octanol–water partition coefficient (Wildman–Crippen LogP) is 2.50. The summed E-state index contributed by atoms with van der Waals surface area (Å²) in [6.45, 7) is 5.44. The van der Waals surface area contributed by atoms with Crippen molar-refractivity contribution >= 4 is 11.6 Å². The van der Waals surface area contributed by atoms with Crippen LogP contribution >= 0.6 is 0 Å². The summed E-state index contributed by atoms with van der Waals surface area (Å²) in [6, 6.07) is 4.39. The number of carbonyl (C=O) groups excluding carboxylic acids is 1. The van der Waals surface area contributed by atoms with Crippen molar-refractivity contribution in [1.82, 2.24) is 0 Å². The first kappa shape index (κ1) is 12.6. The number of anilines is 1. The topological polar surface area (TPSA) is 38.3 Å². The van der Waals surface area contributed by atoms with Crippen molar-refractivity contribution in [3.63, 3.8) is 0 Å². The van der Waals surface area contributed by atoms with E-state index in [-0.39, 0.29) is 24.4 Å². The molecule has 1 N–H and O–H groups in total. The summed E-state index contributed by atoms with van der Waals surface area (Å²) in [5.41, 5.74) is 1.22. The Balaban J connectivity index is 2.56. The van der Waals surface area contributed by atoms with E-state index in [1.54, 1.807) is 13.0 Å². The van der Waals surface area contributed by atoms with Crippen molar-refractivity contribution in [2.45, 2.75) is 26.9 Å². The lowest BCUT2D eigenvalue weighted by Gasteiger charge is -2.09. The smallest absolute Gasteiger partial charge is 0.250 e. The van der Waals surface area contributed by atoms with E-state index in [9.17, 15) is 9.18 Å². The number of hydrogen-bond acceptors (Lipinski definition) is 2. The average Bonchev–Trinajstić information content (AvgIpc) is 2.12. The molecule has 16 heavy (non-hydrogen) atoms. The van der Waals surface area contributed by atoms with Gasteiger partial charge in [0, 0.05) is 5.69 Å². The highest BCUT2D eigenvalue weighted by molar-refractivity contribution is 5.91. The largest absolute Gasteiger partial charge is 0.369 e. The van der Waals surface area contributed by atoms with Gasteiger partial charge < -0.3 is 10.1 Å². The van der Waals surface area contributed by atoms with Gasteiger partial charge in [-0.3, -0.25) is 4.79 Å². The second kappa shape index (κ2) is 5.61.